The highest BCUT2D eigenvalue weighted by atomic mass is 35.5. The van der Waals surface area contributed by atoms with Gasteiger partial charge in [-0.05, 0) is 73.5 Å². The number of halogens is 3. The first kappa shape index (κ1) is 23.8. The number of rotatable bonds is 5. The summed E-state index contributed by atoms with van der Waals surface area (Å²) in [6.07, 6.45) is 0. The molecule has 1 heterocycles. The summed E-state index contributed by atoms with van der Waals surface area (Å²) >= 11 is 18.4. The Morgan fingerprint density at radius 3 is 2.12 bits per heavy atom. The number of benzene rings is 3. The van der Waals surface area contributed by atoms with Gasteiger partial charge in [0.15, 0.2) is 0 Å². The highest BCUT2D eigenvalue weighted by molar-refractivity contribution is 6.53. The Morgan fingerprint density at radius 1 is 0.794 bits per heavy atom. The molecule has 6 nitrogen and oxygen atoms in total. The molecule has 3 amide bonds. The van der Waals surface area contributed by atoms with Gasteiger partial charge in [-0.2, -0.15) is 0 Å². The Hall–Kier alpha value is -3.32. The van der Waals surface area contributed by atoms with Crippen LogP contribution in [-0.4, -0.2) is 17.7 Å². The van der Waals surface area contributed by atoms with E-state index >= 15 is 0 Å². The topological polar surface area (TPSA) is 78.5 Å². The number of nitrogens with one attached hydrogen (secondary N) is 2. The van der Waals surface area contributed by atoms with Crippen molar-refractivity contribution in [2.24, 2.45) is 0 Å². The minimum Gasteiger partial charge on any atom is -0.350 e. The van der Waals surface area contributed by atoms with Gasteiger partial charge in [-0.15, -0.1) is 0 Å². The first-order valence-corrected chi connectivity index (χ1v) is 11.3. The van der Waals surface area contributed by atoms with Crippen LogP contribution in [0.3, 0.4) is 0 Å². The van der Waals surface area contributed by atoms with Crippen molar-refractivity contribution in [3.8, 4) is 0 Å². The molecule has 1 aliphatic rings. The molecule has 0 radical (unpaired) electrons. The average molecular weight is 515 g/mol. The van der Waals surface area contributed by atoms with Crippen molar-refractivity contribution in [3.05, 3.63) is 98.1 Å². The van der Waals surface area contributed by atoms with Gasteiger partial charge in [0.1, 0.15) is 10.7 Å². The minimum atomic E-state index is -0.646. The average Bonchev–Trinajstić information content (AvgIpc) is 3.01. The Morgan fingerprint density at radius 2 is 1.44 bits per heavy atom. The second-order valence-corrected chi connectivity index (χ2v) is 8.91. The predicted octanol–water partition coefficient (Wildman–Crippen LogP) is 6.30. The van der Waals surface area contributed by atoms with Crippen LogP contribution in [-0.2, 0) is 9.59 Å². The van der Waals surface area contributed by atoms with Crippen LogP contribution in [0.1, 0.15) is 21.5 Å². The van der Waals surface area contributed by atoms with Crippen LogP contribution in [0.25, 0.3) is 0 Å². The Kier molecular flexibility index (Phi) is 6.66. The maximum absolute atomic E-state index is 13.0. The largest absolute Gasteiger partial charge is 0.350 e. The Bertz CT molecular complexity index is 1370. The molecule has 2 N–H and O–H groups in total. The zero-order chi connectivity index (χ0) is 24.6. The summed E-state index contributed by atoms with van der Waals surface area (Å²) in [5.41, 5.74) is 3.36. The van der Waals surface area contributed by atoms with Gasteiger partial charge in [0.05, 0.1) is 5.69 Å². The first-order valence-electron chi connectivity index (χ1n) is 10.1. The number of hydrogen-bond acceptors (Lipinski definition) is 4. The van der Waals surface area contributed by atoms with Crippen molar-refractivity contribution in [1.29, 1.82) is 0 Å². The molecule has 3 aromatic rings. The van der Waals surface area contributed by atoms with Crippen LogP contribution >= 0.6 is 34.8 Å². The van der Waals surface area contributed by atoms with Crippen LogP contribution in [0, 0.1) is 13.8 Å². The van der Waals surface area contributed by atoms with Gasteiger partial charge in [0, 0.05) is 27.0 Å². The zero-order valence-electron chi connectivity index (χ0n) is 18.1. The molecule has 3 aromatic carbocycles. The first-order chi connectivity index (χ1) is 16.2. The predicted molar refractivity (Wildman–Crippen MR) is 136 cm³/mol. The van der Waals surface area contributed by atoms with Crippen molar-refractivity contribution >= 4 is 69.6 Å². The molecule has 9 heteroatoms. The van der Waals surface area contributed by atoms with Crippen LogP contribution in [0.15, 0.2) is 71.4 Å². The third kappa shape index (κ3) is 4.66. The van der Waals surface area contributed by atoms with Crippen LogP contribution < -0.4 is 15.5 Å². The van der Waals surface area contributed by atoms with E-state index in [2.05, 4.69) is 10.6 Å². The van der Waals surface area contributed by atoms with Crippen molar-refractivity contribution < 1.29 is 14.4 Å². The number of imide groups is 1. The third-order valence-electron chi connectivity index (χ3n) is 5.29. The van der Waals surface area contributed by atoms with E-state index in [0.717, 1.165) is 10.5 Å². The van der Waals surface area contributed by atoms with Crippen LogP contribution in [0.2, 0.25) is 10.0 Å². The summed E-state index contributed by atoms with van der Waals surface area (Å²) in [4.78, 5) is 39.3. The number of amides is 3. The molecular weight excluding hydrogens is 497 g/mol. The summed E-state index contributed by atoms with van der Waals surface area (Å²) in [5, 5.41) is 6.38. The molecule has 34 heavy (non-hydrogen) atoms. The zero-order valence-corrected chi connectivity index (χ0v) is 20.3. The summed E-state index contributed by atoms with van der Waals surface area (Å²) in [6, 6.07) is 16.6. The summed E-state index contributed by atoms with van der Waals surface area (Å²) < 4.78 is 0. The fourth-order valence-electron chi connectivity index (χ4n) is 3.38. The second-order valence-electron chi connectivity index (χ2n) is 7.69. The van der Waals surface area contributed by atoms with Crippen molar-refractivity contribution in [2.75, 3.05) is 15.5 Å². The van der Waals surface area contributed by atoms with Gasteiger partial charge in [-0.1, -0.05) is 46.9 Å². The summed E-state index contributed by atoms with van der Waals surface area (Å²) in [5.74, 6) is -1.57. The lowest BCUT2D eigenvalue weighted by molar-refractivity contribution is -0.120. The van der Waals surface area contributed by atoms with Gasteiger partial charge in [-0.3, -0.25) is 14.4 Å². The number of aryl methyl sites for hydroxylation is 2. The van der Waals surface area contributed by atoms with Crippen LogP contribution in [0.4, 0.5) is 17.1 Å². The minimum absolute atomic E-state index is 0.0578. The maximum Gasteiger partial charge on any atom is 0.283 e. The van der Waals surface area contributed by atoms with E-state index in [9.17, 15) is 14.4 Å². The van der Waals surface area contributed by atoms with E-state index in [1.54, 1.807) is 55.5 Å². The third-order valence-corrected chi connectivity index (χ3v) is 6.28. The lowest BCUT2D eigenvalue weighted by atomic mass is 10.1. The molecule has 0 aromatic heterocycles. The second kappa shape index (κ2) is 9.50. The molecule has 4 rings (SSSR count). The highest BCUT2D eigenvalue weighted by Crippen LogP contribution is 2.33. The maximum atomic E-state index is 13.0. The molecular formula is C25H18Cl3N3O3. The van der Waals surface area contributed by atoms with Crippen molar-refractivity contribution in [1.82, 2.24) is 0 Å². The summed E-state index contributed by atoms with van der Waals surface area (Å²) in [6.45, 7) is 3.64. The van der Waals surface area contributed by atoms with E-state index in [0.29, 0.717) is 38.2 Å². The fraction of sp³-hybridized carbons (Fsp3) is 0.0800. The molecule has 0 aliphatic carbocycles. The van der Waals surface area contributed by atoms with E-state index in [-0.39, 0.29) is 16.6 Å². The molecule has 0 saturated carbocycles. The van der Waals surface area contributed by atoms with Gasteiger partial charge < -0.3 is 10.6 Å². The van der Waals surface area contributed by atoms with E-state index in [4.69, 9.17) is 34.8 Å². The molecule has 172 valence electrons. The molecule has 0 unspecified atom stereocenters. The molecule has 0 saturated heterocycles. The molecule has 0 atom stereocenters. The lowest BCUT2D eigenvalue weighted by Gasteiger charge is -2.17. The van der Waals surface area contributed by atoms with Crippen molar-refractivity contribution in [3.63, 3.8) is 0 Å². The Labute approximate surface area is 211 Å². The number of carbonyl (C=O) groups is 3. The van der Waals surface area contributed by atoms with Gasteiger partial charge in [0.2, 0.25) is 0 Å². The van der Waals surface area contributed by atoms with Gasteiger partial charge in [-0.25, -0.2) is 4.90 Å². The molecule has 0 bridgehead atoms. The Balaban J connectivity index is 1.50. The molecule has 0 spiro atoms. The highest BCUT2D eigenvalue weighted by Gasteiger charge is 2.39. The van der Waals surface area contributed by atoms with Crippen molar-refractivity contribution in [2.45, 2.75) is 13.8 Å². The smallest absolute Gasteiger partial charge is 0.283 e. The standard InChI is InChI=1S/C25H18Cl3N3O3/c1-13-4-8-18(12-19(13)27)30-23(32)15-5-9-17(10-6-15)29-22-21(28)24(33)31(25(22)34)20-11-16(26)7-3-14(20)2/h3-12,29H,1-2H3,(H,30,32). The summed E-state index contributed by atoms with van der Waals surface area (Å²) in [7, 11) is 0. The van der Waals surface area contributed by atoms with E-state index in [1.165, 1.54) is 6.07 Å². The molecule has 0 fully saturated rings. The number of nitrogens with zero attached hydrogens (tertiary/aromatic N) is 1. The quantitative estimate of drug-likeness (QED) is 0.392. The van der Waals surface area contributed by atoms with E-state index in [1.807, 2.05) is 13.0 Å². The fourth-order valence-corrected chi connectivity index (χ4v) is 3.94. The SMILES string of the molecule is Cc1ccc(NC(=O)c2ccc(NC3=C(Cl)C(=O)N(c4cc(Cl)ccc4C)C3=O)cc2)cc1Cl. The molecule has 1 aliphatic heterocycles. The van der Waals surface area contributed by atoms with E-state index < -0.39 is 11.8 Å². The number of carbonyl (C=O) groups excluding carboxylic acids is 3. The van der Waals surface area contributed by atoms with Crippen LogP contribution in [0.5, 0.6) is 0 Å². The monoisotopic (exact) mass is 513 g/mol. The van der Waals surface area contributed by atoms with Gasteiger partial charge >= 0.3 is 0 Å². The lowest BCUT2D eigenvalue weighted by Crippen LogP contribution is -2.32. The van der Waals surface area contributed by atoms with Gasteiger partial charge in [0.25, 0.3) is 17.7 Å². The number of anilines is 3. The number of hydrogen-bond donors (Lipinski definition) is 2. The normalized spacial score (nSPS) is 13.5.